The van der Waals surface area contributed by atoms with Crippen molar-refractivity contribution in [2.24, 2.45) is 16.3 Å². The zero-order chi connectivity index (χ0) is 16.0. The van der Waals surface area contributed by atoms with Crippen molar-refractivity contribution in [3.8, 4) is 0 Å². The highest BCUT2D eigenvalue weighted by atomic mass is 16.5. The SMILES string of the molecule is CC(C)(C)C(=NC(=O)OCC1CCCCC1)c1ccccc1. The number of aliphatic imine (C=N–C) groups is 1. The van der Waals surface area contributed by atoms with E-state index >= 15 is 0 Å². The van der Waals surface area contributed by atoms with Crippen LogP contribution in [0.2, 0.25) is 0 Å². The fourth-order valence-corrected chi connectivity index (χ4v) is 2.93. The van der Waals surface area contributed by atoms with Crippen molar-refractivity contribution < 1.29 is 9.53 Å². The molecule has 1 saturated carbocycles. The van der Waals surface area contributed by atoms with E-state index < -0.39 is 6.09 Å². The van der Waals surface area contributed by atoms with Crippen molar-refractivity contribution in [1.82, 2.24) is 0 Å². The quantitative estimate of drug-likeness (QED) is 0.716. The Bertz CT molecular complexity index is 508. The van der Waals surface area contributed by atoms with Crippen LogP contribution in [0.4, 0.5) is 4.79 Å². The molecule has 0 aromatic heterocycles. The van der Waals surface area contributed by atoms with Crippen LogP contribution in [-0.4, -0.2) is 18.4 Å². The van der Waals surface area contributed by atoms with E-state index in [1.165, 1.54) is 32.1 Å². The van der Waals surface area contributed by atoms with Gasteiger partial charge in [-0.05, 0) is 24.3 Å². The van der Waals surface area contributed by atoms with E-state index in [0.717, 1.165) is 11.3 Å². The second kappa shape index (κ2) is 7.57. The minimum absolute atomic E-state index is 0.203. The maximum atomic E-state index is 12.1. The molecule has 3 heteroatoms. The van der Waals surface area contributed by atoms with E-state index in [1.807, 2.05) is 30.3 Å². The van der Waals surface area contributed by atoms with Gasteiger partial charge < -0.3 is 4.74 Å². The maximum absolute atomic E-state index is 12.1. The zero-order valence-corrected chi connectivity index (χ0v) is 14.0. The van der Waals surface area contributed by atoms with Gasteiger partial charge in [-0.25, -0.2) is 4.79 Å². The highest BCUT2D eigenvalue weighted by Crippen LogP contribution is 2.25. The molecule has 1 amide bonds. The highest BCUT2D eigenvalue weighted by Gasteiger charge is 2.23. The van der Waals surface area contributed by atoms with Crippen molar-refractivity contribution in [2.75, 3.05) is 6.61 Å². The first-order valence-electron chi connectivity index (χ1n) is 8.28. The normalized spacial score (nSPS) is 17.3. The molecule has 120 valence electrons. The summed E-state index contributed by atoms with van der Waals surface area (Å²) in [5.41, 5.74) is 1.55. The number of ether oxygens (including phenoxy) is 1. The molecule has 0 saturated heterocycles. The zero-order valence-electron chi connectivity index (χ0n) is 14.0. The molecule has 0 unspecified atom stereocenters. The summed E-state index contributed by atoms with van der Waals surface area (Å²) in [5.74, 6) is 0.516. The van der Waals surface area contributed by atoms with Crippen LogP contribution in [0.3, 0.4) is 0 Å². The van der Waals surface area contributed by atoms with Crippen molar-refractivity contribution in [3.63, 3.8) is 0 Å². The van der Waals surface area contributed by atoms with Gasteiger partial charge in [-0.3, -0.25) is 0 Å². The minimum Gasteiger partial charge on any atom is -0.448 e. The molecule has 0 radical (unpaired) electrons. The largest absolute Gasteiger partial charge is 0.448 e. The predicted molar refractivity (Wildman–Crippen MR) is 90.4 cm³/mol. The third-order valence-corrected chi connectivity index (χ3v) is 4.13. The molecule has 2 rings (SSSR count). The molecular weight excluding hydrogens is 274 g/mol. The first-order chi connectivity index (χ1) is 10.5. The summed E-state index contributed by atoms with van der Waals surface area (Å²) in [5, 5.41) is 0. The Hall–Kier alpha value is -1.64. The lowest BCUT2D eigenvalue weighted by Gasteiger charge is -2.22. The van der Waals surface area contributed by atoms with Crippen molar-refractivity contribution >= 4 is 11.8 Å². The number of hydrogen-bond acceptors (Lipinski definition) is 2. The Morgan fingerprint density at radius 3 is 2.36 bits per heavy atom. The third kappa shape index (κ3) is 4.97. The lowest BCUT2D eigenvalue weighted by Crippen LogP contribution is -2.24. The molecular formula is C19H27NO2. The summed E-state index contributed by atoms with van der Waals surface area (Å²) in [6.07, 6.45) is 5.69. The topological polar surface area (TPSA) is 38.7 Å². The fourth-order valence-electron chi connectivity index (χ4n) is 2.93. The average Bonchev–Trinajstić information content (AvgIpc) is 2.51. The maximum Gasteiger partial charge on any atom is 0.433 e. The van der Waals surface area contributed by atoms with Crippen LogP contribution >= 0.6 is 0 Å². The number of rotatable bonds is 3. The van der Waals surface area contributed by atoms with E-state index in [-0.39, 0.29) is 5.41 Å². The van der Waals surface area contributed by atoms with E-state index in [2.05, 4.69) is 25.8 Å². The Morgan fingerprint density at radius 2 is 1.77 bits per heavy atom. The van der Waals surface area contributed by atoms with Gasteiger partial charge in [0.1, 0.15) is 0 Å². The number of carbonyl (C=O) groups excluding carboxylic acids is 1. The molecule has 0 atom stereocenters. The van der Waals surface area contributed by atoms with E-state index in [9.17, 15) is 4.79 Å². The van der Waals surface area contributed by atoms with Gasteiger partial charge in [0.05, 0.1) is 12.3 Å². The van der Waals surface area contributed by atoms with Crippen LogP contribution in [0.15, 0.2) is 35.3 Å². The van der Waals surface area contributed by atoms with Crippen LogP contribution in [0.1, 0.15) is 58.4 Å². The summed E-state index contributed by atoms with van der Waals surface area (Å²) < 4.78 is 5.40. The van der Waals surface area contributed by atoms with Crippen LogP contribution in [-0.2, 0) is 4.74 Å². The van der Waals surface area contributed by atoms with E-state index in [4.69, 9.17) is 4.74 Å². The number of hydrogen-bond donors (Lipinski definition) is 0. The first kappa shape index (κ1) is 16.7. The Morgan fingerprint density at radius 1 is 1.14 bits per heavy atom. The molecule has 1 aromatic carbocycles. The van der Waals surface area contributed by atoms with E-state index in [1.54, 1.807) is 0 Å². The smallest absolute Gasteiger partial charge is 0.433 e. The fraction of sp³-hybridized carbons (Fsp3) is 0.579. The number of benzene rings is 1. The summed E-state index contributed by atoms with van der Waals surface area (Å²) in [4.78, 5) is 16.4. The Labute approximate surface area is 133 Å². The molecule has 0 aliphatic heterocycles. The van der Waals surface area contributed by atoms with Gasteiger partial charge >= 0.3 is 6.09 Å². The molecule has 0 spiro atoms. The lowest BCUT2D eigenvalue weighted by atomic mass is 9.85. The first-order valence-corrected chi connectivity index (χ1v) is 8.28. The number of amides is 1. The van der Waals surface area contributed by atoms with Gasteiger partial charge in [0.2, 0.25) is 0 Å². The second-order valence-corrected chi connectivity index (χ2v) is 7.16. The standard InChI is InChI=1S/C19H27NO2/c1-19(2,3)17(16-12-8-5-9-13-16)20-18(21)22-14-15-10-6-4-7-11-15/h5,8-9,12-13,15H,4,6-7,10-11,14H2,1-3H3. The lowest BCUT2D eigenvalue weighted by molar-refractivity contribution is 0.125. The van der Waals surface area contributed by atoms with Crippen LogP contribution in [0, 0.1) is 11.3 Å². The molecule has 3 nitrogen and oxygen atoms in total. The van der Waals surface area contributed by atoms with Gasteiger partial charge in [0, 0.05) is 5.41 Å². The molecule has 0 bridgehead atoms. The third-order valence-electron chi connectivity index (χ3n) is 4.13. The minimum atomic E-state index is -0.459. The number of nitrogens with zero attached hydrogens (tertiary/aromatic N) is 1. The summed E-state index contributed by atoms with van der Waals surface area (Å²) in [6.45, 7) is 6.70. The average molecular weight is 301 g/mol. The molecule has 1 aliphatic rings. The predicted octanol–water partition coefficient (Wildman–Crippen LogP) is 5.24. The van der Waals surface area contributed by atoms with Crippen molar-refractivity contribution in [3.05, 3.63) is 35.9 Å². The summed E-state index contributed by atoms with van der Waals surface area (Å²) in [7, 11) is 0. The number of carbonyl (C=O) groups is 1. The van der Waals surface area contributed by atoms with Gasteiger partial charge in [0.15, 0.2) is 0 Å². The van der Waals surface area contributed by atoms with Gasteiger partial charge in [-0.15, -0.1) is 0 Å². The monoisotopic (exact) mass is 301 g/mol. The molecule has 22 heavy (non-hydrogen) atoms. The molecule has 0 N–H and O–H groups in total. The molecule has 1 aliphatic carbocycles. The summed E-state index contributed by atoms with van der Waals surface area (Å²) >= 11 is 0. The second-order valence-electron chi connectivity index (χ2n) is 7.16. The Balaban J connectivity index is 2.03. The van der Waals surface area contributed by atoms with Gasteiger partial charge in [-0.1, -0.05) is 70.4 Å². The Kier molecular flexibility index (Phi) is 5.76. The van der Waals surface area contributed by atoms with Gasteiger partial charge in [0.25, 0.3) is 0 Å². The van der Waals surface area contributed by atoms with E-state index in [0.29, 0.717) is 12.5 Å². The van der Waals surface area contributed by atoms with Crippen molar-refractivity contribution in [1.29, 1.82) is 0 Å². The molecule has 1 fully saturated rings. The molecule has 0 heterocycles. The van der Waals surface area contributed by atoms with Crippen LogP contribution in [0.25, 0.3) is 0 Å². The van der Waals surface area contributed by atoms with Crippen molar-refractivity contribution in [2.45, 2.75) is 52.9 Å². The highest BCUT2D eigenvalue weighted by molar-refractivity contribution is 6.08. The molecule has 1 aromatic rings. The summed E-state index contributed by atoms with van der Waals surface area (Å²) in [6, 6.07) is 9.86. The van der Waals surface area contributed by atoms with Crippen LogP contribution in [0.5, 0.6) is 0 Å². The van der Waals surface area contributed by atoms with Crippen LogP contribution < -0.4 is 0 Å². The van der Waals surface area contributed by atoms with Gasteiger partial charge in [-0.2, -0.15) is 4.99 Å².